The predicted octanol–water partition coefficient (Wildman–Crippen LogP) is 5.48. The predicted molar refractivity (Wildman–Crippen MR) is 75.8 cm³/mol. The third-order valence-corrected chi connectivity index (χ3v) is 7.20. The molecule has 0 fully saturated rings. The van der Waals surface area contributed by atoms with Gasteiger partial charge in [-0.2, -0.15) is 0 Å². The molecular weight excluding hydrogens is 452 g/mol. The molecule has 10 heteroatoms. The molecule has 0 aromatic heterocycles. The van der Waals surface area contributed by atoms with Crippen LogP contribution in [0.5, 0.6) is 0 Å². The van der Waals surface area contributed by atoms with Crippen molar-refractivity contribution in [2.45, 2.75) is 74.1 Å². The number of hydrogen-bond acceptors (Lipinski definition) is 2. The van der Waals surface area contributed by atoms with Crippen LogP contribution in [0.15, 0.2) is 0 Å². The molecule has 0 aliphatic heterocycles. The Morgan fingerprint density at radius 1 is 0.833 bits per heavy atom. The first kappa shape index (κ1) is 24.1. The normalized spacial score (nSPS) is 13.3. The van der Waals surface area contributed by atoms with Crippen LogP contribution >= 0.6 is 0 Å². The van der Waals surface area contributed by atoms with E-state index < -0.39 is 49.2 Å². The van der Waals surface area contributed by atoms with Gasteiger partial charge in [0.1, 0.15) is 0 Å². The second-order valence-corrected chi connectivity index (χ2v) is 9.85. The van der Waals surface area contributed by atoms with Gasteiger partial charge in [-0.1, -0.05) is 0 Å². The van der Waals surface area contributed by atoms with Gasteiger partial charge in [0.15, 0.2) is 0 Å². The summed E-state index contributed by atoms with van der Waals surface area (Å²) in [4.78, 5) is 0. The molecule has 0 bridgehead atoms. The average Bonchev–Trinajstić information content (AvgIpc) is 2.52. The standard InChI is InChI=1S/C10H21O.C4H2F7.O.Sn/c1-2-3-4-5-6-7-8-9-10-11;5-1-3(8,9)4(10,11)2(6)7;;/h2-10H2,1H3;1H2;;/q-1;;;+1. The zero-order valence-corrected chi connectivity index (χ0v) is 16.4. The van der Waals surface area contributed by atoms with Crippen molar-refractivity contribution in [2.24, 2.45) is 0 Å². The van der Waals surface area contributed by atoms with E-state index in [4.69, 9.17) is 0 Å². The number of rotatable bonds is 14. The van der Waals surface area contributed by atoms with Crippen LogP contribution in [-0.4, -0.2) is 49.2 Å². The fraction of sp³-hybridized carbons (Fsp3) is 1.00. The fourth-order valence-corrected chi connectivity index (χ4v) is 4.65. The fourth-order valence-electron chi connectivity index (χ4n) is 1.93. The summed E-state index contributed by atoms with van der Waals surface area (Å²) < 4.78 is 99.7. The number of unbranched alkanes of at least 4 members (excludes halogenated alkanes) is 7. The van der Waals surface area contributed by atoms with Gasteiger partial charge < -0.3 is 0 Å². The van der Waals surface area contributed by atoms with E-state index in [9.17, 15) is 33.8 Å². The Hall–Kier alpha value is 0.0687. The van der Waals surface area contributed by atoms with Gasteiger partial charge in [0.05, 0.1) is 0 Å². The van der Waals surface area contributed by atoms with Crippen LogP contribution in [0.25, 0.3) is 0 Å². The average molecular weight is 475 g/mol. The number of hydrogen-bond donors (Lipinski definition) is 0. The van der Waals surface area contributed by atoms with Crippen LogP contribution in [0.2, 0.25) is 0 Å². The summed E-state index contributed by atoms with van der Waals surface area (Å²) in [6.07, 6.45) is 6.87. The molecule has 0 saturated carbocycles. The maximum absolute atomic E-state index is 13.3. The summed E-state index contributed by atoms with van der Waals surface area (Å²) >= 11 is -5.84. The van der Waals surface area contributed by atoms with Crippen LogP contribution in [0.4, 0.5) is 30.7 Å². The van der Waals surface area contributed by atoms with Crippen LogP contribution in [0.1, 0.15) is 58.3 Å². The molecule has 0 aromatic carbocycles. The molecule has 0 unspecified atom stereocenters. The summed E-state index contributed by atoms with van der Waals surface area (Å²) in [6.45, 7) is -1.35. The second-order valence-electron chi connectivity index (χ2n) is 5.60. The molecule has 0 heterocycles. The van der Waals surface area contributed by atoms with E-state index in [1.54, 1.807) is 0 Å². The molecule has 144 valence electrons. The van der Waals surface area contributed by atoms with Crippen molar-refractivity contribution in [3.63, 3.8) is 0 Å². The van der Waals surface area contributed by atoms with Gasteiger partial charge in [-0.3, -0.25) is 0 Å². The zero-order chi connectivity index (χ0) is 18.9. The van der Waals surface area contributed by atoms with Crippen LogP contribution in [-0.2, 0) is 6.15 Å². The third-order valence-electron chi connectivity index (χ3n) is 3.51. The third kappa shape index (κ3) is 6.76. The Balaban J connectivity index is 4.18. The Bertz CT molecular complexity index is 378. The molecule has 0 amide bonds. The van der Waals surface area contributed by atoms with E-state index in [1.807, 2.05) is 0 Å². The minimum atomic E-state index is -6.04. The van der Waals surface area contributed by atoms with E-state index in [0.29, 0.717) is 6.42 Å². The summed E-state index contributed by atoms with van der Waals surface area (Å²) in [6, 6.07) is 0. The molecule has 0 saturated heterocycles. The van der Waals surface area contributed by atoms with Gasteiger partial charge in [-0.25, -0.2) is 0 Å². The molecule has 0 spiro atoms. The van der Waals surface area contributed by atoms with Crippen molar-refractivity contribution in [1.82, 2.24) is 0 Å². The molecule has 0 aromatic rings. The van der Waals surface area contributed by atoms with Crippen LogP contribution in [0, 0.1) is 0 Å². The molecule has 0 aliphatic carbocycles. The van der Waals surface area contributed by atoms with E-state index in [-0.39, 0.29) is 6.42 Å². The van der Waals surface area contributed by atoms with E-state index >= 15 is 0 Å². The number of halogens is 7. The van der Waals surface area contributed by atoms with Crippen LogP contribution in [0.3, 0.4) is 0 Å². The maximum atomic E-state index is 13.3. The van der Waals surface area contributed by atoms with Gasteiger partial charge in [0.25, 0.3) is 0 Å². The zero-order valence-electron chi connectivity index (χ0n) is 13.5. The van der Waals surface area contributed by atoms with Crippen molar-refractivity contribution in [1.29, 1.82) is 0 Å². The van der Waals surface area contributed by atoms with E-state index in [0.717, 1.165) is 38.5 Å². The molecular formula is C14H23F7O2Sn. The summed E-state index contributed by atoms with van der Waals surface area (Å²) in [5.74, 6) is -11.6. The van der Waals surface area contributed by atoms with E-state index in [2.05, 4.69) is 10.00 Å². The second kappa shape index (κ2) is 10.9. The van der Waals surface area contributed by atoms with Crippen molar-refractivity contribution < 1.29 is 36.9 Å². The molecule has 2 nitrogen and oxygen atoms in total. The summed E-state index contributed by atoms with van der Waals surface area (Å²) in [5, 5.41) is 0. The van der Waals surface area contributed by atoms with Crippen molar-refractivity contribution in [3.8, 4) is 0 Å². The topological polar surface area (TPSA) is 26.3 Å². The SMILES string of the molecule is CCCCCCCCCC[O][Sn](=[O])[C](F)(F)C(F)(F)C(F)(F)CF. The Kier molecular flexibility index (Phi) is 11.0. The van der Waals surface area contributed by atoms with Gasteiger partial charge in [-0.05, 0) is 0 Å². The van der Waals surface area contributed by atoms with Gasteiger partial charge in [-0.15, -0.1) is 0 Å². The first-order valence-corrected chi connectivity index (χ1v) is 11.7. The quantitative estimate of drug-likeness (QED) is 0.189. The molecule has 0 radical (unpaired) electrons. The molecule has 24 heavy (non-hydrogen) atoms. The molecule has 0 rings (SSSR count). The van der Waals surface area contributed by atoms with Crippen LogP contribution < -0.4 is 0 Å². The molecule has 0 atom stereocenters. The Morgan fingerprint density at radius 3 is 1.75 bits per heavy atom. The van der Waals surface area contributed by atoms with E-state index in [1.165, 1.54) is 0 Å². The van der Waals surface area contributed by atoms with Gasteiger partial charge >= 0.3 is 144 Å². The molecule has 0 N–H and O–H groups in total. The summed E-state index contributed by atoms with van der Waals surface area (Å²) in [5.41, 5.74) is 0. The minimum absolute atomic E-state index is 0.223. The van der Waals surface area contributed by atoms with Gasteiger partial charge in [0.2, 0.25) is 0 Å². The number of alkyl halides is 7. The Labute approximate surface area is 144 Å². The van der Waals surface area contributed by atoms with Crippen molar-refractivity contribution in [2.75, 3.05) is 13.3 Å². The van der Waals surface area contributed by atoms with Crippen molar-refractivity contribution >= 4 is 20.2 Å². The Morgan fingerprint density at radius 2 is 1.29 bits per heavy atom. The first-order valence-electron chi connectivity index (χ1n) is 7.91. The van der Waals surface area contributed by atoms with Crippen molar-refractivity contribution in [3.05, 3.63) is 0 Å². The monoisotopic (exact) mass is 476 g/mol. The molecule has 0 aliphatic rings. The van der Waals surface area contributed by atoms with Gasteiger partial charge in [0, 0.05) is 0 Å². The first-order chi connectivity index (χ1) is 11.0. The summed E-state index contributed by atoms with van der Waals surface area (Å²) in [7, 11) is 0.